The van der Waals surface area contributed by atoms with E-state index >= 15 is 0 Å². The molecule has 1 aliphatic rings. The largest absolute Gasteiger partial charge is 0.103 e. The average Bonchev–Trinajstić information content (AvgIpc) is 2.42. The second-order valence-electron chi connectivity index (χ2n) is 5.24. The minimum Gasteiger partial charge on any atom is -0.103 e. The quantitative estimate of drug-likeness (QED) is 0.587. The van der Waals surface area contributed by atoms with Gasteiger partial charge >= 0.3 is 0 Å². The summed E-state index contributed by atoms with van der Waals surface area (Å²) < 4.78 is 0. The fraction of sp³-hybridized carbons (Fsp3) is 1.00. The van der Waals surface area contributed by atoms with Crippen molar-refractivity contribution in [2.75, 3.05) is 12.3 Å². The molecule has 0 aromatic carbocycles. The van der Waals surface area contributed by atoms with Crippen LogP contribution in [0.1, 0.15) is 53.4 Å². The minimum atomic E-state index is 0.398. The SMILES string of the molecule is CCCC(CC)P1CCC(C)(C)C1. The van der Waals surface area contributed by atoms with E-state index in [1.54, 1.807) is 12.3 Å². The highest BCUT2D eigenvalue weighted by Gasteiger charge is 2.33. The van der Waals surface area contributed by atoms with Crippen LogP contribution < -0.4 is 0 Å². The van der Waals surface area contributed by atoms with Crippen molar-refractivity contribution in [2.24, 2.45) is 5.41 Å². The number of rotatable bonds is 4. The maximum absolute atomic E-state index is 2.45. The highest BCUT2D eigenvalue weighted by Crippen LogP contribution is 2.56. The van der Waals surface area contributed by atoms with E-state index in [4.69, 9.17) is 0 Å². The normalized spacial score (nSPS) is 29.1. The molecular weight excluding hydrogens is 175 g/mol. The summed E-state index contributed by atoms with van der Waals surface area (Å²) >= 11 is 0. The standard InChI is InChI=1S/C12H25P/c1-5-7-11(6-2)13-9-8-12(3,4)10-13/h11H,5-10H2,1-4H3. The monoisotopic (exact) mass is 200 g/mol. The Hall–Kier alpha value is 0.430. The van der Waals surface area contributed by atoms with Gasteiger partial charge < -0.3 is 0 Å². The second-order valence-corrected chi connectivity index (χ2v) is 7.91. The van der Waals surface area contributed by atoms with E-state index < -0.39 is 0 Å². The molecule has 0 aromatic heterocycles. The molecule has 2 unspecified atom stereocenters. The first kappa shape index (κ1) is 11.5. The zero-order chi connectivity index (χ0) is 9.90. The third-order valence-corrected chi connectivity index (χ3v) is 7.03. The molecule has 13 heavy (non-hydrogen) atoms. The first-order valence-electron chi connectivity index (χ1n) is 5.83. The highest BCUT2D eigenvalue weighted by molar-refractivity contribution is 7.58. The Morgan fingerprint density at radius 1 is 1.31 bits per heavy atom. The van der Waals surface area contributed by atoms with Crippen molar-refractivity contribution in [1.82, 2.24) is 0 Å². The molecule has 0 aromatic rings. The molecular formula is C12H25P. The Balaban J connectivity index is 2.43. The van der Waals surface area contributed by atoms with Crippen LogP contribution in [-0.4, -0.2) is 18.0 Å². The van der Waals surface area contributed by atoms with E-state index in [0.717, 1.165) is 5.66 Å². The van der Waals surface area contributed by atoms with Crippen LogP contribution in [0.4, 0.5) is 0 Å². The molecule has 1 heterocycles. The zero-order valence-electron chi connectivity index (χ0n) is 9.77. The molecule has 1 rings (SSSR count). The van der Waals surface area contributed by atoms with Gasteiger partial charge in [0.1, 0.15) is 0 Å². The molecule has 0 radical (unpaired) electrons. The molecule has 2 atom stereocenters. The average molecular weight is 200 g/mol. The van der Waals surface area contributed by atoms with Crippen molar-refractivity contribution in [2.45, 2.75) is 59.0 Å². The van der Waals surface area contributed by atoms with Crippen LogP contribution in [0.5, 0.6) is 0 Å². The molecule has 0 N–H and O–H groups in total. The van der Waals surface area contributed by atoms with Gasteiger partial charge in [0.25, 0.3) is 0 Å². The summed E-state index contributed by atoms with van der Waals surface area (Å²) in [5.74, 6) is 0. The third kappa shape index (κ3) is 3.24. The predicted octanol–water partition coefficient (Wildman–Crippen LogP) is 4.48. The number of hydrogen-bond donors (Lipinski definition) is 0. The van der Waals surface area contributed by atoms with Gasteiger partial charge in [0.05, 0.1) is 0 Å². The third-order valence-electron chi connectivity index (χ3n) is 3.32. The van der Waals surface area contributed by atoms with Gasteiger partial charge in [0, 0.05) is 0 Å². The Morgan fingerprint density at radius 2 is 2.00 bits per heavy atom. The van der Waals surface area contributed by atoms with Gasteiger partial charge in [-0.3, -0.25) is 0 Å². The molecule has 1 aliphatic heterocycles. The van der Waals surface area contributed by atoms with E-state index in [-0.39, 0.29) is 0 Å². The van der Waals surface area contributed by atoms with Gasteiger partial charge in [0.2, 0.25) is 0 Å². The molecule has 0 bridgehead atoms. The Bertz CT molecular complexity index is 151. The van der Waals surface area contributed by atoms with Gasteiger partial charge in [-0.25, -0.2) is 0 Å². The van der Waals surface area contributed by atoms with Crippen LogP contribution in [0.25, 0.3) is 0 Å². The fourth-order valence-corrected chi connectivity index (χ4v) is 6.52. The number of hydrogen-bond acceptors (Lipinski definition) is 0. The summed E-state index contributed by atoms with van der Waals surface area (Å²) in [5.41, 5.74) is 1.76. The molecule has 0 amide bonds. The van der Waals surface area contributed by atoms with Crippen LogP contribution in [0.3, 0.4) is 0 Å². The summed E-state index contributed by atoms with van der Waals surface area (Å²) in [6.07, 6.45) is 8.88. The molecule has 0 saturated carbocycles. The molecule has 1 saturated heterocycles. The van der Waals surface area contributed by atoms with Crippen molar-refractivity contribution in [3.05, 3.63) is 0 Å². The lowest BCUT2D eigenvalue weighted by atomic mass is 9.94. The minimum absolute atomic E-state index is 0.398. The molecule has 78 valence electrons. The summed E-state index contributed by atoms with van der Waals surface area (Å²) in [6.45, 7) is 9.62. The summed E-state index contributed by atoms with van der Waals surface area (Å²) in [7, 11) is 0.398. The lowest BCUT2D eigenvalue weighted by Gasteiger charge is -2.24. The fourth-order valence-electron chi connectivity index (χ4n) is 2.44. The molecule has 1 heteroatoms. The smallest absolute Gasteiger partial charge is 0.0212 e. The Morgan fingerprint density at radius 3 is 2.38 bits per heavy atom. The molecule has 0 spiro atoms. The highest BCUT2D eigenvalue weighted by atomic mass is 31.1. The second kappa shape index (κ2) is 4.78. The predicted molar refractivity (Wildman–Crippen MR) is 64.0 cm³/mol. The maximum atomic E-state index is 2.45. The van der Waals surface area contributed by atoms with E-state index in [0.29, 0.717) is 13.3 Å². The summed E-state index contributed by atoms with van der Waals surface area (Å²) in [5, 5.41) is 0. The van der Waals surface area contributed by atoms with Gasteiger partial charge in [0.15, 0.2) is 0 Å². The van der Waals surface area contributed by atoms with Crippen LogP contribution in [0, 0.1) is 5.41 Å². The Labute approximate surface area is 85.2 Å². The topological polar surface area (TPSA) is 0 Å². The van der Waals surface area contributed by atoms with Crippen molar-refractivity contribution in [3.8, 4) is 0 Å². The van der Waals surface area contributed by atoms with E-state index in [1.165, 1.54) is 25.7 Å². The first-order valence-corrected chi connectivity index (χ1v) is 7.61. The van der Waals surface area contributed by atoms with Gasteiger partial charge in [-0.15, -0.1) is 7.92 Å². The zero-order valence-corrected chi connectivity index (χ0v) is 10.7. The van der Waals surface area contributed by atoms with E-state index in [9.17, 15) is 0 Å². The summed E-state index contributed by atoms with van der Waals surface area (Å²) in [4.78, 5) is 0. The van der Waals surface area contributed by atoms with Gasteiger partial charge in [-0.1, -0.05) is 34.1 Å². The molecule has 0 aliphatic carbocycles. The van der Waals surface area contributed by atoms with E-state index in [2.05, 4.69) is 27.7 Å². The first-order chi connectivity index (χ1) is 6.09. The van der Waals surface area contributed by atoms with Gasteiger partial charge in [-0.05, 0) is 42.7 Å². The Kier molecular flexibility index (Phi) is 4.23. The van der Waals surface area contributed by atoms with E-state index in [1.807, 2.05) is 0 Å². The lowest BCUT2D eigenvalue weighted by Crippen LogP contribution is -2.10. The van der Waals surface area contributed by atoms with Crippen molar-refractivity contribution < 1.29 is 0 Å². The van der Waals surface area contributed by atoms with Crippen LogP contribution in [-0.2, 0) is 0 Å². The summed E-state index contributed by atoms with van der Waals surface area (Å²) in [6, 6.07) is 0. The van der Waals surface area contributed by atoms with Crippen LogP contribution in [0.2, 0.25) is 0 Å². The molecule has 1 fully saturated rings. The van der Waals surface area contributed by atoms with Gasteiger partial charge in [-0.2, -0.15) is 0 Å². The van der Waals surface area contributed by atoms with Crippen LogP contribution >= 0.6 is 7.92 Å². The lowest BCUT2D eigenvalue weighted by molar-refractivity contribution is 0.428. The van der Waals surface area contributed by atoms with Crippen molar-refractivity contribution in [3.63, 3.8) is 0 Å². The molecule has 0 nitrogen and oxygen atoms in total. The van der Waals surface area contributed by atoms with Crippen molar-refractivity contribution >= 4 is 7.92 Å². The van der Waals surface area contributed by atoms with Crippen molar-refractivity contribution in [1.29, 1.82) is 0 Å². The maximum Gasteiger partial charge on any atom is -0.0212 e. The van der Waals surface area contributed by atoms with Crippen LogP contribution in [0.15, 0.2) is 0 Å².